The van der Waals surface area contributed by atoms with E-state index in [1.165, 1.54) is 0 Å². The summed E-state index contributed by atoms with van der Waals surface area (Å²) in [6.07, 6.45) is 1.80. The molecule has 4 nitrogen and oxygen atoms in total. The molecule has 0 fully saturated rings. The van der Waals surface area contributed by atoms with E-state index in [0.717, 1.165) is 19.4 Å². The van der Waals surface area contributed by atoms with E-state index in [9.17, 15) is 4.79 Å². The summed E-state index contributed by atoms with van der Waals surface area (Å²) in [5.41, 5.74) is -0.437. The predicted octanol–water partition coefficient (Wildman–Crippen LogP) is 2.33. The van der Waals surface area contributed by atoms with Gasteiger partial charge in [0.2, 0.25) is 0 Å². The van der Waals surface area contributed by atoms with Crippen LogP contribution < -0.4 is 5.32 Å². The fraction of sp³-hybridized carbons (Fsp3) is 0.909. The topological polar surface area (TPSA) is 47.6 Å². The van der Waals surface area contributed by atoms with Gasteiger partial charge in [0.15, 0.2) is 0 Å². The first kappa shape index (κ1) is 14.2. The molecule has 0 bridgehead atoms. The van der Waals surface area contributed by atoms with Crippen LogP contribution in [-0.4, -0.2) is 31.5 Å². The molecule has 0 radical (unpaired) electrons. The van der Waals surface area contributed by atoms with Crippen LogP contribution in [0, 0.1) is 0 Å². The van der Waals surface area contributed by atoms with Gasteiger partial charge in [0, 0.05) is 13.2 Å². The van der Waals surface area contributed by atoms with E-state index in [1.807, 2.05) is 20.8 Å². The average molecular weight is 217 g/mol. The van der Waals surface area contributed by atoms with Crippen LogP contribution in [0.25, 0.3) is 0 Å². The van der Waals surface area contributed by atoms with Gasteiger partial charge in [0.1, 0.15) is 5.60 Å². The van der Waals surface area contributed by atoms with Crippen molar-refractivity contribution in [2.45, 2.75) is 46.1 Å². The van der Waals surface area contributed by atoms with Gasteiger partial charge < -0.3 is 14.8 Å². The number of amides is 1. The molecule has 0 heterocycles. The Kier molecular flexibility index (Phi) is 7.13. The minimum absolute atomic E-state index is 0.387. The highest BCUT2D eigenvalue weighted by atomic mass is 16.6. The number of unbranched alkanes of at least 4 members (excludes halogenated alkanes) is 1. The molecule has 0 unspecified atom stereocenters. The third-order valence-electron chi connectivity index (χ3n) is 1.56. The van der Waals surface area contributed by atoms with Gasteiger partial charge in [-0.15, -0.1) is 0 Å². The predicted molar refractivity (Wildman–Crippen MR) is 60.0 cm³/mol. The fourth-order valence-corrected chi connectivity index (χ4v) is 0.888. The van der Waals surface area contributed by atoms with Crippen LogP contribution in [-0.2, 0) is 9.47 Å². The summed E-state index contributed by atoms with van der Waals surface area (Å²) < 4.78 is 10.3. The minimum Gasteiger partial charge on any atom is -0.444 e. The van der Waals surface area contributed by atoms with E-state index < -0.39 is 5.60 Å². The second-order valence-electron chi connectivity index (χ2n) is 4.39. The summed E-state index contributed by atoms with van der Waals surface area (Å²) in [5, 5.41) is 2.63. The highest BCUT2D eigenvalue weighted by Gasteiger charge is 2.15. The van der Waals surface area contributed by atoms with Crippen LogP contribution in [0.1, 0.15) is 40.5 Å². The van der Waals surface area contributed by atoms with Crippen molar-refractivity contribution in [2.75, 3.05) is 19.8 Å². The lowest BCUT2D eigenvalue weighted by Crippen LogP contribution is -2.34. The van der Waals surface area contributed by atoms with Crippen LogP contribution >= 0.6 is 0 Å². The number of ether oxygens (including phenoxy) is 2. The molecule has 0 aliphatic rings. The summed E-state index contributed by atoms with van der Waals surface area (Å²) in [6, 6.07) is 0. The smallest absolute Gasteiger partial charge is 0.407 e. The fourth-order valence-electron chi connectivity index (χ4n) is 0.888. The Morgan fingerprint density at radius 2 is 1.93 bits per heavy atom. The zero-order valence-electron chi connectivity index (χ0n) is 10.3. The molecular formula is C11H23NO3. The molecule has 0 atom stereocenters. The van der Waals surface area contributed by atoms with Crippen molar-refractivity contribution >= 4 is 6.09 Å². The van der Waals surface area contributed by atoms with Gasteiger partial charge in [0.05, 0.1) is 6.61 Å². The molecule has 0 saturated carbocycles. The maximum absolute atomic E-state index is 11.2. The molecule has 0 aliphatic carbocycles. The summed E-state index contributed by atoms with van der Waals surface area (Å²) in [7, 11) is 0. The summed E-state index contributed by atoms with van der Waals surface area (Å²) in [5.74, 6) is 0. The third-order valence-corrected chi connectivity index (χ3v) is 1.56. The molecular weight excluding hydrogens is 194 g/mol. The number of hydrogen-bond donors (Lipinski definition) is 1. The van der Waals surface area contributed by atoms with Crippen molar-refractivity contribution in [3.05, 3.63) is 0 Å². The zero-order chi connectivity index (χ0) is 11.7. The molecule has 0 saturated heterocycles. The minimum atomic E-state index is -0.437. The van der Waals surface area contributed by atoms with Crippen LogP contribution in [0.4, 0.5) is 4.79 Å². The maximum atomic E-state index is 11.2. The van der Waals surface area contributed by atoms with Crippen molar-refractivity contribution in [2.24, 2.45) is 0 Å². The van der Waals surface area contributed by atoms with Crippen molar-refractivity contribution in [3.63, 3.8) is 0 Å². The van der Waals surface area contributed by atoms with Gasteiger partial charge in [0.25, 0.3) is 0 Å². The Hall–Kier alpha value is -0.770. The van der Waals surface area contributed by atoms with Crippen LogP contribution in [0.2, 0.25) is 0 Å². The monoisotopic (exact) mass is 217 g/mol. The Balaban J connectivity index is 3.32. The van der Waals surface area contributed by atoms with Crippen LogP contribution in [0.3, 0.4) is 0 Å². The van der Waals surface area contributed by atoms with Gasteiger partial charge in [-0.1, -0.05) is 13.3 Å². The number of rotatable bonds is 6. The number of hydrogen-bond acceptors (Lipinski definition) is 3. The number of nitrogens with one attached hydrogen (secondary N) is 1. The first-order chi connectivity index (χ1) is 6.95. The second kappa shape index (κ2) is 7.51. The molecule has 1 amide bonds. The molecule has 0 aliphatic heterocycles. The van der Waals surface area contributed by atoms with Gasteiger partial charge >= 0.3 is 6.09 Å². The van der Waals surface area contributed by atoms with Crippen LogP contribution in [0.15, 0.2) is 0 Å². The summed E-state index contributed by atoms with van der Waals surface area (Å²) >= 11 is 0. The quantitative estimate of drug-likeness (QED) is 0.695. The second-order valence-corrected chi connectivity index (χ2v) is 4.39. The highest BCUT2D eigenvalue weighted by molar-refractivity contribution is 5.67. The van der Waals surface area contributed by atoms with Gasteiger partial charge in [-0.2, -0.15) is 0 Å². The molecule has 0 aromatic rings. The first-order valence-electron chi connectivity index (χ1n) is 5.50. The van der Waals surface area contributed by atoms with E-state index in [0.29, 0.717) is 13.2 Å². The van der Waals surface area contributed by atoms with E-state index >= 15 is 0 Å². The van der Waals surface area contributed by atoms with Gasteiger partial charge in [-0.25, -0.2) is 4.79 Å². The molecule has 15 heavy (non-hydrogen) atoms. The Morgan fingerprint density at radius 3 is 2.47 bits per heavy atom. The normalized spacial score (nSPS) is 11.2. The Labute approximate surface area is 92.3 Å². The number of carbonyl (C=O) groups excluding carboxylic acids is 1. The number of alkyl carbamates (subject to hydrolysis) is 1. The molecule has 0 spiro atoms. The summed E-state index contributed by atoms with van der Waals surface area (Å²) in [4.78, 5) is 11.2. The maximum Gasteiger partial charge on any atom is 0.407 e. The van der Waals surface area contributed by atoms with Crippen molar-refractivity contribution in [1.82, 2.24) is 5.32 Å². The zero-order valence-corrected chi connectivity index (χ0v) is 10.3. The lowest BCUT2D eigenvalue weighted by atomic mass is 10.2. The summed E-state index contributed by atoms with van der Waals surface area (Å²) in [6.45, 7) is 9.42. The molecule has 90 valence electrons. The Morgan fingerprint density at radius 1 is 1.27 bits per heavy atom. The Bertz CT molecular complexity index is 175. The van der Waals surface area contributed by atoms with Gasteiger partial charge in [-0.3, -0.25) is 0 Å². The SMILES string of the molecule is CCCCOCCNC(=O)OC(C)(C)C. The van der Waals surface area contributed by atoms with Crippen molar-refractivity contribution in [1.29, 1.82) is 0 Å². The molecule has 4 heteroatoms. The standard InChI is InChI=1S/C11H23NO3/c1-5-6-8-14-9-7-12-10(13)15-11(2,3)4/h5-9H2,1-4H3,(H,12,13). The van der Waals surface area contributed by atoms with E-state index in [1.54, 1.807) is 0 Å². The average Bonchev–Trinajstić information content (AvgIpc) is 2.08. The molecule has 0 aromatic carbocycles. The third kappa shape index (κ3) is 11.2. The first-order valence-corrected chi connectivity index (χ1v) is 5.50. The van der Waals surface area contributed by atoms with Crippen molar-refractivity contribution in [3.8, 4) is 0 Å². The van der Waals surface area contributed by atoms with Gasteiger partial charge in [-0.05, 0) is 27.2 Å². The van der Waals surface area contributed by atoms with Crippen molar-refractivity contribution < 1.29 is 14.3 Å². The lowest BCUT2D eigenvalue weighted by Gasteiger charge is -2.19. The lowest BCUT2D eigenvalue weighted by molar-refractivity contribution is 0.0498. The largest absolute Gasteiger partial charge is 0.444 e. The van der Waals surface area contributed by atoms with E-state index in [2.05, 4.69) is 12.2 Å². The molecule has 0 rings (SSSR count). The highest BCUT2D eigenvalue weighted by Crippen LogP contribution is 2.05. The van der Waals surface area contributed by atoms with Crippen LogP contribution in [0.5, 0.6) is 0 Å². The number of carbonyl (C=O) groups is 1. The molecule has 0 aromatic heterocycles. The van der Waals surface area contributed by atoms with E-state index in [-0.39, 0.29) is 6.09 Å². The molecule has 1 N–H and O–H groups in total. The van der Waals surface area contributed by atoms with E-state index in [4.69, 9.17) is 9.47 Å².